The lowest BCUT2D eigenvalue weighted by atomic mass is 9.53. The van der Waals surface area contributed by atoms with Gasteiger partial charge in [-0.3, -0.25) is 4.79 Å². The number of ether oxygens (including phenoxy) is 1. The van der Waals surface area contributed by atoms with Crippen LogP contribution >= 0.6 is 0 Å². The molecule has 1 heterocycles. The number of Topliss-reactive ketones (excluding diaryl/α,β-unsaturated/α-hetero) is 1. The van der Waals surface area contributed by atoms with Gasteiger partial charge in [0.05, 0.1) is 0 Å². The van der Waals surface area contributed by atoms with Gasteiger partial charge in [0, 0.05) is 29.9 Å². The molecule has 2 saturated carbocycles. The molecule has 0 amide bonds. The topological polar surface area (TPSA) is 63.6 Å². The Morgan fingerprint density at radius 3 is 2.74 bits per heavy atom. The quantitative estimate of drug-likeness (QED) is 0.679. The van der Waals surface area contributed by atoms with Crippen LogP contribution in [0, 0.1) is 17.3 Å². The van der Waals surface area contributed by atoms with Crippen LogP contribution < -0.4 is 0 Å². The minimum Gasteiger partial charge on any atom is -0.426 e. The van der Waals surface area contributed by atoms with Gasteiger partial charge in [0.15, 0.2) is 0 Å². The van der Waals surface area contributed by atoms with Crippen LogP contribution in [-0.2, 0) is 14.3 Å². The summed E-state index contributed by atoms with van der Waals surface area (Å²) in [5.74, 6) is -1.56. The fourth-order valence-electron chi connectivity index (χ4n) is 4.02. The number of carbonyl (C=O) groups is 2. The Balaban J connectivity index is 2.07. The summed E-state index contributed by atoms with van der Waals surface area (Å²) in [4.78, 5) is 23.9. The van der Waals surface area contributed by atoms with E-state index in [1.165, 1.54) is 0 Å². The Bertz CT molecular complexity index is 506. The molecule has 0 saturated heterocycles. The maximum atomic E-state index is 12.2. The summed E-state index contributed by atoms with van der Waals surface area (Å²) >= 11 is 0. The Kier molecular flexibility index (Phi) is 2.50. The molecular formula is C15H20O4. The lowest BCUT2D eigenvalue weighted by molar-refractivity contribution is -0.204. The Hall–Kier alpha value is -1.16. The molecule has 0 aromatic carbocycles. The van der Waals surface area contributed by atoms with E-state index in [-0.39, 0.29) is 23.5 Å². The predicted molar refractivity (Wildman–Crippen MR) is 68.0 cm³/mol. The molecule has 104 valence electrons. The maximum Gasteiger partial charge on any atom is 0.336 e. The number of aliphatic hydroxyl groups is 1. The molecule has 0 unspecified atom stereocenters. The molecule has 3 rings (SSSR count). The highest BCUT2D eigenvalue weighted by atomic mass is 16.7. The minimum absolute atomic E-state index is 0.161. The zero-order valence-corrected chi connectivity index (χ0v) is 11.7. The van der Waals surface area contributed by atoms with E-state index >= 15 is 0 Å². The van der Waals surface area contributed by atoms with Crippen molar-refractivity contribution in [3.63, 3.8) is 0 Å². The summed E-state index contributed by atoms with van der Waals surface area (Å²) in [7, 11) is 0. The zero-order chi connectivity index (χ0) is 14.0. The molecule has 3 aliphatic rings. The number of rotatable bonds is 0. The van der Waals surface area contributed by atoms with Crippen LogP contribution in [0.1, 0.15) is 46.5 Å². The molecule has 1 N–H and O–H groups in total. The molecule has 4 nitrogen and oxygen atoms in total. The van der Waals surface area contributed by atoms with Gasteiger partial charge in [-0.05, 0) is 31.1 Å². The van der Waals surface area contributed by atoms with Crippen molar-refractivity contribution in [2.45, 2.75) is 52.2 Å². The van der Waals surface area contributed by atoms with E-state index in [0.29, 0.717) is 29.9 Å². The molecule has 2 aliphatic carbocycles. The van der Waals surface area contributed by atoms with E-state index in [2.05, 4.69) is 13.8 Å². The highest BCUT2D eigenvalue weighted by Crippen LogP contribution is 2.58. The van der Waals surface area contributed by atoms with Crippen LogP contribution in [0.2, 0.25) is 0 Å². The van der Waals surface area contributed by atoms with Gasteiger partial charge in [-0.1, -0.05) is 13.8 Å². The summed E-state index contributed by atoms with van der Waals surface area (Å²) in [5, 5.41) is 10.6. The molecule has 0 aromatic heterocycles. The number of fused-ring (bicyclic) bond motifs is 2. The van der Waals surface area contributed by atoms with Crippen LogP contribution in [0.15, 0.2) is 11.1 Å². The van der Waals surface area contributed by atoms with E-state index in [9.17, 15) is 14.7 Å². The first-order valence-corrected chi connectivity index (χ1v) is 6.96. The largest absolute Gasteiger partial charge is 0.426 e. The average Bonchev–Trinajstić information content (AvgIpc) is 2.55. The van der Waals surface area contributed by atoms with Gasteiger partial charge in [0.2, 0.25) is 5.79 Å². The fourth-order valence-corrected chi connectivity index (χ4v) is 4.02. The number of esters is 1. The average molecular weight is 264 g/mol. The molecule has 0 radical (unpaired) electrons. The van der Waals surface area contributed by atoms with E-state index in [1.54, 1.807) is 6.92 Å². The normalized spacial score (nSPS) is 45.9. The molecule has 0 aromatic rings. The van der Waals surface area contributed by atoms with Crippen LogP contribution in [0.3, 0.4) is 0 Å². The highest BCUT2D eigenvalue weighted by Gasteiger charge is 2.59. The second kappa shape index (κ2) is 3.69. The SMILES string of the molecule is CC1=C2C[C@@]3(C)[C@H](C)CCC(=O)[C@@H]3C[C@]2(O)OC1=O. The van der Waals surface area contributed by atoms with Gasteiger partial charge in [-0.15, -0.1) is 0 Å². The number of ketones is 1. The summed E-state index contributed by atoms with van der Waals surface area (Å²) < 4.78 is 5.13. The van der Waals surface area contributed by atoms with E-state index in [4.69, 9.17) is 4.74 Å². The Morgan fingerprint density at radius 1 is 1.37 bits per heavy atom. The van der Waals surface area contributed by atoms with Crippen LogP contribution in [0.5, 0.6) is 0 Å². The van der Waals surface area contributed by atoms with Crippen molar-refractivity contribution in [2.24, 2.45) is 17.3 Å². The monoisotopic (exact) mass is 264 g/mol. The molecular weight excluding hydrogens is 244 g/mol. The van der Waals surface area contributed by atoms with Gasteiger partial charge in [-0.2, -0.15) is 0 Å². The summed E-state index contributed by atoms with van der Waals surface area (Å²) in [6.07, 6.45) is 2.28. The Morgan fingerprint density at radius 2 is 2.05 bits per heavy atom. The van der Waals surface area contributed by atoms with E-state index in [1.807, 2.05) is 0 Å². The number of hydrogen-bond donors (Lipinski definition) is 1. The predicted octanol–water partition coefficient (Wildman–Crippen LogP) is 1.96. The molecule has 0 spiro atoms. The van der Waals surface area contributed by atoms with Crippen molar-refractivity contribution < 1.29 is 19.4 Å². The summed E-state index contributed by atoms with van der Waals surface area (Å²) in [6.45, 7) is 5.98. The third-order valence-electron chi connectivity index (χ3n) is 5.66. The van der Waals surface area contributed by atoms with Crippen molar-refractivity contribution in [1.29, 1.82) is 0 Å². The second-order valence-electron chi connectivity index (χ2n) is 6.62. The van der Waals surface area contributed by atoms with Gasteiger partial charge in [0.25, 0.3) is 0 Å². The first-order valence-electron chi connectivity index (χ1n) is 6.96. The standard InChI is InChI=1S/C15H20O4/c1-8-4-5-12(16)11-7-15(18)10(6-14(8,11)3)9(2)13(17)19-15/h8,11,18H,4-7H2,1-3H3/t8-,11+,14+,15+/m1/s1. The van der Waals surface area contributed by atoms with Gasteiger partial charge < -0.3 is 9.84 Å². The van der Waals surface area contributed by atoms with Crippen LogP contribution in [0.25, 0.3) is 0 Å². The van der Waals surface area contributed by atoms with Gasteiger partial charge in [0.1, 0.15) is 5.78 Å². The third kappa shape index (κ3) is 1.55. The van der Waals surface area contributed by atoms with Gasteiger partial charge >= 0.3 is 5.97 Å². The highest BCUT2D eigenvalue weighted by molar-refractivity contribution is 5.93. The Labute approximate surface area is 112 Å². The lowest BCUT2D eigenvalue weighted by Gasteiger charge is -2.51. The van der Waals surface area contributed by atoms with Crippen LogP contribution in [-0.4, -0.2) is 22.6 Å². The number of hydrogen-bond acceptors (Lipinski definition) is 4. The summed E-state index contributed by atoms with van der Waals surface area (Å²) in [6, 6.07) is 0. The van der Waals surface area contributed by atoms with Crippen molar-refractivity contribution in [1.82, 2.24) is 0 Å². The smallest absolute Gasteiger partial charge is 0.336 e. The molecule has 2 fully saturated rings. The third-order valence-corrected chi connectivity index (χ3v) is 5.66. The minimum atomic E-state index is -1.53. The van der Waals surface area contributed by atoms with E-state index in [0.717, 1.165) is 6.42 Å². The van der Waals surface area contributed by atoms with Gasteiger partial charge in [-0.25, -0.2) is 4.79 Å². The van der Waals surface area contributed by atoms with Crippen molar-refractivity contribution >= 4 is 11.8 Å². The van der Waals surface area contributed by atoms with E-state index < -0.39 is 11.8 Å². The lowest BCUT2D eigenvalue weighted by Crippen LogP contribution is -2.53. The number of carbonyl (C=O) groups excluding carboxylic acids is 2. The first-order chi connectivity index (χ1) is 8.78. The summed E-state index contributed by atoms with van der Waals surface area (Å²) in [5.41, 5.74) is 1.05. The zero-order valence-electron chi connectivity index (χ0n) is 11.7. The fraction of sp³-hybridized carbons (Fsp3) is 0.733. The molecule has 4 heteroatoms. The molecule has 0 bridgehead atoms. The molecule has 19 heavy (non-hydrogen) atoms. The second-order valence-corrected chi connectivity index (χ2v) is 6.62. The van der Waals surface area contributed by atoms with Crippen molar-refractivity contribution in [2.75, 3.05) is 0 Å². The van der Waals surface area contributed by atoms with Crippen molar-refractivity contribution in [3.05, 3.63) is 11.1 Å². The van der Waals surface area contributed by atoms with Crippen LogP contribution in [0.4, 0.5) is 0 Å². The van der Waals surface area contributed by atoms with Crippen molar-refractivity contribution in [3.8, 4) is 0 Å². The first kappa shape index (κ1) is 12.9. The molecule has 1 aliphatic heterocycles. The molecule has 4 atom stereocenters. The maximum absolute atomic E-state index is 12.2.